The zero-order valence-electron chi connectivity index (χ0n) is 48.1. The minimum Gasteiger partial charge on any atom is -0.394 e. The highest BCUT2D eigenvalue weighted by molar-refractivity contribution is 5.19. The van der Waals surface area contributed by atoms with E-state index in [4.69, 9.17) is 56.8 Å². The molecule has 29 nitrogen and oxygen atoms in total. The Bertz CT molecular complexity index is 2220. The lowest BCUT2D eigenvalue weighted by atomic mass is 9.44. The van der Waals surface area contributed by atoms with Crippen LogP contribution in [-0.2, 0) is 56.8 Å². The van der Waals surface area contributed by atoms with Gasteiger partial charge in [0, 0.05) is 18.3 Å². The van der Waals surface area contributed by atoms with E-state index in [2.05, 4.69) is 27.7 Å². The van der Waals surface area contributed by atoms with Gasteiger partial charge in [0.1, 0.15) is 116 Å². The van der Waals surface area contributed by atoms with Crippen molar-refractivity contribution >= 4 is 0 Å². The lowest BCUT2D eigenvalue weighted by molar-refractivity contribution is -0.410. The predicted octanol–water partition coefficient (Wildman–Crippen LogP) is -6.50. The summed E-state index contributed by atoms with van der Waals surface area (Å²) in [7, 11) is 0. The van der Waals surface area contributed by atoms with Gasteiger partial charge in [0.2, 0.25) is 0 Å². The highest BCUT2D eigenvalue weighted by Crippen LogP contribution is 2.71. The smallest absolute Gasteiger partial charge is 0.187 e. The average Bonchev–Trinajstić information content (AvgIpc) is 1.59. The molecule has 1 spiro atoms. The number of aliphatic hydroxyl groups is 17. The summed E-state index contributed by atoms with van der Waals surface area (Å²) in [5.41, 5.74) is -0.531. The van der Waals surface area contributed by atoms with Crippen LogP contribution in [0.1, 0.15) is 79.1 Å². The summed E-state index contributed by atoms with van der Waals surface area (Å²) in [5, 5.41) is 188. The number of ether oxygens (including phenoxy) is 12. The van der Waals surface area contributed by atoms with E-state index < -0.39 is 205 Å². The SMILES string of the molecule is C[C@@H]1CC[C@@]2(OC1)O[C@H]1[C@@H](O)[C@H]3[C@@H]4CC[C@H]5C[C@@H](O[C@@H]6O[C@H](CO)[C@@H](O[C@@H]7O[C@H](CO)[C@@H](O)[C@H](O[C@@H]8OC[C@@H](O)[C@H](O)[C@H]8O)[C@H]7O[C@@H]7O[C@H](CO)[C@@H](O)[C@H](O[C@@H]8O[C@H](CO)[C@@H](O)[C@H](O)[C@H]8O)[C@H]7O)[C@H](O)[C@H]6O)[C@H](O)C[C@]5(C)[C@H]4CC[C@]3(C)[C@H]1[C@@H]2C. The second-order valence-electron chi connectivity index (χ2n) is 26.9. The highest BCUT2D eigenvalue weighted by atomic mass is 16.8. The molecule has 4 saturated carbocycles. The first-order valence-electron chi connectivity index (χ1n) is 30.5. The van der Waals surface area contributed by atoms with Gasteiger partial charge in [-0.05, 0) is 85.4 Å². The first-order chi connectivity index (χ1) is 40.3. The van der Waals surface area contributed by atoms with Crippen LogP contribution in [0.15, 0.2) is 0 Å². The Morgan fingerprint density at radius 2 is 1.01 bits per heavy atom. The fourth-order valence-corrected chi connectivity index (χ4v) is 17.4. The molecule has 0 aromatic heterocycles. The van der Waals surface area contributed by atoms with Crippen molar-refractivity contribution in [3.05, 3.63) is 0 Å². The number of hydrogen-bond donors (Lipinski definition) is 17. The normalized spacial score (nSPS) is 58.1. The van der Waals surface area contributed by atoms with Crippen LogP contribution in [0.4, 0.5) is 0 Å². The second kappa shape index (κ2) is 25.4. The predicted molar refractivity (Wildman–Crippen MR) is 278 cm³/mol. The molecular formula is C56H92O29. The molecule has 0 aromatic rings. The lowest BCUT2D eigenvalue weighted by Gasteiger charge is -2.62. The maximum absolute atomic E-state index is 12.3. The molecule has 29 heteroatoms. The number of aliphatic hydroxyl groups excluding tert-OH is 17. The van der Waals surface area contributed by atoms with Gasteiger partial charge in [0.15, 0.2) is 37.2 Å². The third-order valence-electron chi connectivity index (χ3n) is 22.2. The molecule has 0 bridgehead atoms. The Labute approximate surface area is 491 Å². The van der Waals surface area contributed by atoms with Crippen molar-refractivity contribution in [1.82, 2.24) is 0 Å². The van der Waals surface area contributed by atoms with E-state index in [1.54, 1.807) is 0 Å². The molecular weight excluding hydrogens is 1140 g/mol. The molecule has 7 saturated heterocycles. The Balaban J connectivity index is 0.797. The highest BCUT2D eigenvalue weighted by Gasteiger charge is 2.73. The quantitative estimate of drug-likeness (QED) is 0.0719. The lowest BCUT2D eigenvalue weighted by Crippen LogP contribution is -2.69. The molecule has 0 unspecified atom stereocenters. The van der Waals surface area contributed by atoms with Crippen LogP contribution < -0.4 is 0 Å². The summed E-state index contributed by atoms with van der Waals surface area (Å²) < 4.78 is 72.8. The van der Waals surface area contributed by atoms with E-state index in [9.17, 15) is 86.8 Å². The zero-order chi connectivity index (χ0) is 61.1. The maximum Gasteiger partial charge on any atom is 0.187 e. The van der Waals surface area contributed by atoms with Gasteiger partial charge in [0.25, 0.3) is 0 Å². The summed E-state index contributed by atoms with van der Waals surface area (Å²) in [5.74, 6) is 0.388. The Hall–Kier alpha value is -1.16. The van der Waals surface area contributed by atoms with Crippen LogP contribution in [0.2, 0.25) is 0 Å². The summed E-state index contributed by atoms with van der Waals surface area (Å²) in [6, 6.07) is 0. The van der Waals surface area contributed by atoms with E-state index in [1.165, 1.54) is 0 Å². The Morgan fingerprint density at radius 3 is 1.67 bits per heavy atom. The molecule has 7 aliphatic heterocycles. The molecule has 490 valence electrons. The number of hydrogen-bond acceptors (Lipinski definition) is 29. The van der Waals surface area contributed by atoms with Crippen molar-refractivity contribution in [3.8, 4) is 0 Å². The third kappa shape index (κ3) is 11.3. The topological polar surface area (TPSA) is 455 Å². The van der Waals surface area contributed by atoms with Crippen LogP contribution >= 0.6 is 0 Å². The van der Waals surface area contributed by atoms with Crippen LogP contribution in [0.3, 0.4) is 0 Å². The van der Waals surface area contributed by atoms with Gasteiger partial charge in [-0.1, -0.05) is 27.7 Å². The molecule has 85 heavy (non-hydrogen) atoms. The van der Waals surface area contributed by atoms with E-state index in [-0.39, 0.29) is 52.4 Å². The van der Waals surface area contributed by atoms with Gasteiger partial charge in [-0.25, -0.2) is 0 Å². The summed E-state index contributed by atoms with van der Waals surface area (Å²) in [4.78, 5) is 0. The molecule has 0 aromatic carbocycles. The van der Waals surface area contributed by atoms with Gasteiger partial charge in [-0.2, -0.15) is 0 Å². The minimum absolute atomic E-state index is 0.00749. The Kier molecular flexibility index (Phi) is 19.5. The van der Waals surface area contributed by atoms with E-state index in [1.807, 2.05) is 0 Å². The minimum atomic E-state index is -2.21. The first-order valence-corrected chi connectivity index (χ1v) is 30.5. The van der Waals surface area contributed by atoms with E-state index >= 15 is 0 Å². The van der Waals surface area contributed by atoms with Crippen LogP contribution in [0.5, 0.6) is 0 Å². The van der Waals surface area contributed by atoms with Crippen molar-refractivity contribution < 1.29 is 144 Å². The molecule has 4 aliphatic carbocycles. The fraction of sp³-hybridized carbons (Fsp3) is 1.00. The average molecular weight is 1230 g/mol. The first kappa shape index (κ1) is 65.3. The Morgan fingerprint density at radius 1 is 0.447 bits per heavy atom. The van der Waals surface area contributed by atoms with Crippen molar-refractivity contribution in [3.63, 3.8) is 0 Å². The summed E-state index contributed by atoms with van der Waals surface area (Å²) >= 11 is 0. The number of fused-ring (bicyclic) bond motifs is 7. The fourth-order valence-electron chi connectivity index (χ4n) is 17.4. The maximum atomic E-state index is 12.3. The van der Waals surface area contributed by atoms with Gasteiger partial charge >= 0.3 is 0 Å². The van der Waals surface area contributed by atoms with E-state index in [0.29, 0.717) is 25.4 Å². The summed E-state index contributed by atoms with van der Waals surface area (Å²) in [6.45, 7) is 5.21. The molecule has 17 N–H and O–H groups in total. The molecule has 11 rings (SSSR count). The molecule has 11 aliphatic rings. The third-order valence-corrected chi connectivity index (χ3v) is 22.2. The van der Waals surface area contributed by atoms with Gasteiger partial charge in [-0.3, -0.25) is 0 Å². The van der Waals surface area contributed by atoms with Gasteiger partial charge < -0.3 is 144 Å². The van der Waals surface area contributed by atoms with Crippen molar-refractivity contribution in [2.45, 2.75) is 257 Å². The van der Waals surface area contributed by atoms with Crippen LogP contribution in [0.25, 0.3) is 0 Å². The molecule has 7 heterocycles. The van der Waals surface area contributed by atoms with E-state index in [0.717, 1.165) is 38.5 Å². The largest absolute Gasteiger partial charge is 0.394 e. The van der Waals surface area contributed by atoms with Gasteiger partial charge in [0.05, 0.1) is 64.1 Å². The van der Waals surface area contributed by atoms with Gasteiger partial charge in [-0.15, -0.1) is 0 Å². The van der Waals surface area contributed by atoms with Crippen molar-refractivity contribution in [1.29, 1.82) is 0 Å². The van der Waals surface area contributed by atoms with Crippen LogP contribution in [0, 0.1) is 52.3 Å². The van der Waals surface area contributed by atoms with Crippen molar-refractivity contribution in [2.75, 3.05) is 39.6 Å². The van der Waals surface area contributed by atoms with Crippen LogP contribution in [-0.4, -0.2) is 304 Å². The second-order valence-corrected chi connectivity index (χ2v) is 26.9. The monoisotopic (exact) mass is 1230 g/mol. The molecule has 0 radical (unpaired) electrons. The number of rotatable bonds is 14. The molecule has 0 amide bonds. The zero-order valence-corrected chi connectivity index (χ0v) is 48.1. The molecule has 11 fully saturated rings. The van der Waals surface area contributed by atoms with Crippen molar-refractivity contribution in [2.24, 2.45) is 52.3 Å². The summed E-state index contributed by atoms with van der Waals surface area (Å²) in [6.07, 6.45) is -42.5. The standard InChI is InChI=1S/C56H92O29/c1-19-7-10-56(75-17-19)20(2)31-45(85-56)37(67)32-22-6-5-21-11-26(24(61)12-55(21,4)23(22)8-9-54(31,32)3)76-50-42(72)39(69)44(30(16-60)80-50)81-53-48(47(36(66)29(15-59)79-53)83-49-40(70)33(63)25(62)18-74-49)84-52-43(73)46(35(65)28(14-58)78-52)82-51-41(71)38(68)34(64)27(13-57)77-51/h19-53,57-73H,5-18H2,1-4H3/t19-,20+,21+,22-,23+,24-,25-,26-,27-,28-,29-,30-,31+,32-,33+,34-,35-,36-,37+,38+,39-,40-,41-,42-,43-,44-,45-,46+,47+,48-,49+,50-,51+,52+,53+,54-,55+,56-/m1/s1. The molecule has 38 atom stereocenters.